The summed E-state index contributed by atoms with van der Waals surface area (Å²) in [4.78, 5) is 3.78. The third-order valence-corrected chi connectivity index (χ3v) is 6.45. The van der Waals surface area contributed by atoms with E-state index in [4.69, 9.17) is 4.74 Å². The van der Waals surface area contributed by atoms with Crippen molar-refractivity contribution < 1.29 is 17.5 Å². The molecule has 0 aliphatic rings. The summed E-state index contributed by atoms with van der Waals surface area (Å²) in [5.74, 6) is -0.0394. The molecule has 0 aliphatic heterocycles. The average molecular weight is 455 g/mol. The van der Waals surface area contributed by atoms with E-state index < -0.39 is 15.8 Å². The number of hydrogen-bond acceptors (Lipinski definition) is 7. The fourth-order valence-electron chi connectivity index (χ4n) is 2.85. The van der Waals surface area contributed by atoms with E-state index in [1.165, 1.54) is 42.6 Å². The van der Waals surface area contributed by atoms with Crippen LogP contribution in [0.1, 0.15) is 5.56 Å². The summed E-state index contributed by atoms with van der Waals surface area (Å²) in [7, 11) is -2.22. The molecule has 1 N–H and O–H groups in total. The van der Waals surface area contributed by atoms with Crippen LogP contribution >= 0.6 is 11.3 Å². The number of sulfonamides is 1. The van der Waals surface area contributed by atoms with Gasteiger partial charge in [-0.2, -0.15) is 10.4 Å². The minimum atomic E-state index is -3.93. The van der Waals surface area contributed by atoms with Crippen molar-refractivity contribution >= 4 is 26.5 Å². The molecule has 0 radical (unpaired) electrons. The van der Waals surface area contributed by atoms with E-state index in [9.17, 15) is 18.1 Å². The number of aromatic nitrogens is 3. The molecule has 0 amide bonds. The summed E-state index contributed by atoms with van der Waals surface area (Å²) >= 11 is 1.13. The van der Waals surface area contributed by atoms with Gasteiger partial charge in [0.1, 0.15) is 23.4 Å². The average Bonchev–Trinajstić information content (AvgIpc) is 3.40. The zero-order chi connectivity index (χ0) is 22.0. The molecule has 0 saturated heterocycles. The lowest BCUT2D eigenvalue weighted by atomic mass is 10.1. The molecule has 0 atom stereocenters. The van der Waals surface area contributed by atoms with E-state index in [0.717, 1.165) is 11.3 Å². The predicted octanol–water partition coefficient (Wildman–Crippen LogP) is 4.15. The Morgan fingerprint density at radius 1 is 1.16 bits per heavy atom. The Kier molecular flexibility index (Phi) is 5.41. The summed E-state index contributed by atoms with van der Waals surface area (Å²) in [6.07, 6.45) is 3.04. The van der Waals surface area contributed by atoms with Gasteiger partial charge in [0.25, 0.3) is 10.0 Å². The van der Waals surface area contributed by atoms with Crippen LogP contribution in [0.25, 0.3) is 11.3 Å². The van der Waals surface area contributed by atoms with Crippen molar-refractivity contribution in [3.05, 3.63) is 71.6 Å². The maximum atomic E-state index is 13.9. The fraction of sp³-hybridized carbons (Fsp3) is 0.0500. The molecular formula is C20H14FN5O3S2. The molecule has 31 heavy (non-hydrogen) atoms. The molecule has 2 heterocycles. The number of nitrogens with zero attached hydrogens (tertiary/aromatic N) is 4. The highest BCUT2D eigenvalue weighted by molar-refractivity contribution is 7.93. The number of halogens is 1. The van der Waals surface area contributed by atoms with Gasteiger partial charge in [-0.3, -0.25) is 9.40 Å². The Bertz CT molecular complexity index is 1390. The first-order chi connectivity index (χ1) is 14.9. The van der Waals surface area contributed by atoms with Crippen LogP contribution < -0.4 is 9.46 Å². The quantitative estimate of drug-likeness (QED) is 0.468. The number of ether oxygens (including phenoxy) is 1. The number of nitrogens with one attached hydrogen (secondary N) is 1. The van der Waals surface area contributed by atoms with Crippen LogP contribution in [0, 0.1) is 17.1 Å². The smallest absolute Gasteiger partial charge is 0.263 e. The molecule has 0 aliphatic carbocycles. The second-order valence-electron chi connectivity index (χ2n) is 6.30. The summed E-state index contributed by atoms with van der Waals surface area (Å²) in [5, 5.41) is 15.5. The van der Waals surface area contributed by atoms with E-state index in [0.29, 0.717) is 11.3 Å². The largest absolute Gasteiger partial charge is 0.455 e. The van der Waals surface area contributed by atoms with Crippen molar-refractivity contribution in [1.82, 2.24) is 14.8 Å². The van der Waals surface area contributed by atoms with Gasteiger partial charge in [0.05, 0.1) is 16.2 Å². The molecule has 0 unspecified atom stereocenters. The maximum Gasteiger partial charge on any atom is 0.263 e. The van der Waals surface area contributed by atoms with Crippen LogP contribution in [0.15, 0.2) is 65.1 Å². The predicted molar refractivity (Wildman–Crippen MR) is 113 cm³/mol. The fourth-order valence-corrected chi connectivity index (χ4v) is 4.66. The molecule has 4 rings (SSSR count). The molecule has 8 nitrogen and oxygen atoms in total. The van der Waals surface area contributed by atoms with Gasteiger partial charge >= 0.3 is 0 Å². The zero-order valence-corrected chi connectivity index (χ0v) is 17.6. The lowest BCUT2D eigenvalue weighted by Crippen LogP contribution is -2.13. The van der Waals surface area contributed by atoms with Crippen LogP contribution in [-0.4, -0.2) is 23.2 Å². The van der Waals surface area contributed by atoms with Gasteiger partial charge in [0, 0.05) is 30.4 Å². The van der Waals surface area contributed by atoms with Crippen molar-refractivity contribution in [2.24, 2.45) is 7.05 Å². The Labute approximate surface area is 181 Å². The lowest BCUT2D eigenvalue weighted by Gasteiger charge is -2.13. The first-order valence-electron chi connectivity index (χ1n) is 8.79. The van der Waals surface area contributed by atoms with Gasteiger partial charge < -0.3 is 4.74 Å². The molecule has 0 spiro atoms. The minimum absolute atomic E-state index is 0.00212. The summed E-state index contributed by atoms with van der Waals surface area (Å²) in [6.45, 7) is 0. The van der Waals surface area contributed by atoms with Gasteiger partial charge in [0.15, 0.2) is 5.13 Å². The second-order valence-corrected chi connectivity index (χ2v) is 8.87. The van der Waals surface area contributed by atoms with E-state index in [1.54, 1.807) is 29.4 Å². The third kappa shape index (κ3) is 4.25. The number of thiazole rings is 1. The van der Waals surface area contributed by atoms with E-state index in [-0.39, 0.29) is 27.1 Å². The zero-order valence-electron chi connectivity index (χ0n) is 16.0. The Morgan fingerprint density at radius 2 is 1.97 bits per heavy atom. The van der Waals surface area contributed by atoms with Crippen molar-refractivity contribution in [1.29, 1.82) is 5.26 Å². The molecule has 2 aromatic carbocycles. The minimum Gasteiger partial charge on any atom is -0.455 e. The number of hydrogen-bond donors (Lipinski definition) is 1. The molecular weight excluding hydrogens is 441 g/mol. The molecule has 0 saturated carbocycles. The van der Waals surface area contributed by atoms with Crippen molar-refractivity contribution in [3.8, 4) is 28.8 Å². The SMILES string of the molecule is Cn1nccc1-c1cc(F)ccc1Oc1ccc(S(=O)(=O)Nc2nccs2)cc1C#N. The van der Waals surface area contributed by atoms with Crippen molar-refractivity contribution in [2.75, 3.05) is 4.72 Å². The summed E-state index contributed by atoms with van der Waals surface area (Å²) in [5.41, 5.74) is 1.05. The van der Waals surface area contributed by atoms with Gasteiger partial charge in [-0.25, -0.2) is 17.8 Å². The van der Waals surface area contributed by atoms with E-state index in [1.807, 2.05) is 6.07 Å². The monoisotopic (exact) mass is 455 g/mol. The van der Waals surface area contributed by atoms with Crippen molar-refractivity contribution in [2.45, 2.75) is 4.90 Å². The summed E-state index contributed by atoms with van der Waals surface area (Å²) in [6, 6.07) is 11.5. The maximum absolute atomic E-state index is 13.9. The number of aryl methyl sites for hydroxylation is 1. The van der Waals surface area contributed by atoms with Crippen LogP contribution in [0.2, 0.25) is 0 Å². The van der Waals surface area contributed by atoms with Crippen LogP contribution in [0.3, 0.4) is 0 Å². The first-order valence-corrected chi connectivity index (χ1v) is 11.2. The highest BCUT2D eigenvalue weighted by atomic mass is 32.2. The Morgan fingerprint density at radius 3 is 2.65 bits per heavy atom. The standard InChI is InChI=1S/C20H14FN5O3S2/c1-26-17(6-7-24-26)16-11-14(21)2-4-19(16)29-18-5-3-15(10-13(18)12-22)31(27,28)25-20-23-8-9-30-20/h2-11H,1H3,(H,23,25). The molecule has 156 valence electrons. The van der Waals surface area contributed by atoms with Gasteiger partial charge in [-0.05, 0) is 42.5 Å². The number of benzene rings is 2. The normalized spacial score (nSPS) is 11.1. The lowest BCUT2D eigenvalue weighted by molar-refractivity contribution is 0.479. The first kappa shape index (κ1) is 20.5. The van der Waals surface area contributed by atoms with E-state index >= 15 is 0 Å². The molecule has 11 heteroatoms. The summed E-state index contributed by atoms with van der Waals surface area (Å²) < 4.78 is 48.8. The van der Waals surface area contributed by atoms with Gasteiger partial charge in [-0.1, -0.05) is 0 Å². The van der Waals surface area contributed by atoms with Crippen molar-refractivity contribution in [3.63, 3.8) is 0 Å². The second kappa shape index (κ2) is 8.17. The van der Waals surface area contributed by atoms with Crippen LogP contribution in [0.5, 0.6) is 11.5 Å². The molecule has 0 bridgehead atoms. The van der Waals surface area contributed by atoms with Gasteiger partial charge in [0.2, 0.25) is 0 Å². The Balaban J connectivity index is 1.70. The molecule has 2 aromatic heterocycles. The molecule has 4 aromatic rings. The van der Waals surface area contributed by atoms with Crippen LogP contribution in [-0.2, 0) is 17.1 Å². The Hall–Kier alpha value is -3.75. The van der Waals surface area contributed by atoms with Gasteiger partial charge in [-0.15, -0.1) is 11.3 Å². The number of anilines is 1. The van der Waals surface area contributed by atoms with Crippen LogP contribution in [0.4, 0.5) is 9.52 Å². The molecule has 0 fully saturated rings. The number of rotatable bonds is 6. The number of nitriles is 1. The third-order valence-electron chi connectivity index (χ3n) is 4.29. The highest BCUT2D eigenvalue weighted by Gasteiger charge is 2.19. The highest BCUT2D eigenvalue weighted by Crippen LogP contribution is 2.35. The topological polar surface area (TPSA) is 110 Å². The van der Waals surface area contributed by atoms with E-state index in [2.05, 4.69) is 14.8 Å².